The third-order valence-corrected chi connectivity index (χ3v) is 1.66. The molecule has 0 aliphatic rings. The minimum atomic E-state index is 0.0480. The standard InChI is InChI=1S/C10H10N2O/c1-8(13)9-2-4-10(5-3-9)12-7-6-11/h2-5,12H,7H2,1H3. The van der Waals surface area contributed by atoms with Crippen LogP contribution in [0.2, 0.25) is 0 Å². The SMILES string of the molecule is CC(=O)c1ccc(NCC#N)cc1. The number of anilines is 1. The van der Waals surface area contributed by atoms with E-state index in [4.69, 9.17) is 5.26 Å². The number of ketones is 1. The number of Topliss-reactive ketones (excluding diaryl/α,β-unsaturated/α-hetero) is 1. The fourth-order valence-electron chi connectivity index (χ4n) is 0.964. The Kier molecular flexibility index (Phi) is 3.04. The van der Waals surface area contributed by atoms with Gasteiger partial charge >= 0.3 is 0 Å². The van der Waals surface area contributed by atoms with E-state index in [0.29, 0.717) is 5.56 Å². The molecule has 0 atom stereocenters. The summed E-state index contributed by atoms with van der Waals surface area (Å²) in [4.78, 5) is 10.9. The molecular formula is C10H10N2O. The Morgan fingerprint density at radius 3 is 2.54 bits per heavy atom. The zero-order chi connectivity index (χ0) is 9.68. The van der Waals surface area contributed by atoms with Crippen molar-refractivity contribution in [2.45, 2.75) is 6.92 Å². The Balaban J connectivity index is 2.71. The van der Waals surface area contributed by atoms with Crippen LogP contribution in [-0.4, -0.2) is 12.3 Å². The third kappa shape index (κ3) is 2.60. The van der Waals surface area contributed by atoms with Gasteiger partial charge in [-0.1, -0.05) is 0 Å². The molecule has 1 aromatic rings. The van der Waals surface area contributed by atoms with Crippen LogP contribution in [0.5, 0.6) is 0 Å². The van der Waals surface area contributed by atoms with Gasteiger partial charge in [-0.05, 0) is 31.2 Å². The van der Waals surface area contributed by atoms with Crippen LogP contribution >= 0.6 is 0 Å². The van der Waals surface area contributed by atoms with Crippen LogP contribution in [0, 0.1) is 11.3 Å². The van der Waals surface area contributed by atoms with E-state index in [1.165, 1.54) is 6.92 Å². The van der Waals surface area contributed by atoms with Crippen molar-refractivity contribution in [2.75, 3.05) is 11.9 Å². The van der Waals surface area contributed by atoms with Crippen molar-refractivity contribution in [3.05, 3.63) is 29.8 Å². The highest BCUT2D eigenvalue weighted by atomic mass is 16.1. The number of nitrogens with one attached hydrogen (secondary N) is 1. The lowest BCUT2D eigenvalue weighted by molar-refractivity contribution is 0.101. The molecule has 0 unspecified atom stereocenters. The van der Waals surface area contributed by atoms with Gasteiger partial charge in [-0.25, -0.2) is 0 Å². The predicted molar refractivity (Wildman–Crippen MR) is 50.5 cm³/mol. The van der Waals surface area contributed by atoms with Gasteiger partial charge in [-0.3, -0.25) is 4.79 Å². The average molecular weight is 174 g/mol. The number of carbonyl (C=O) groups excluding carboxylic acids is 1. The van der Waals surface area contributed by atoms with Crippen LogP contribution in [0.1, 0.15) is 17.3 Å². The highest BCUT2D eigenvalue weighted by molar-refractivity contribution is 5.94. The van der Waals surface area contributed by atoms with E-state index < -0.39 is 0 Å². The molecule has 1 aromatic carbocycles. The van der Waals surface area contributed by atoms with E-state index in [9.17, 15) is 4.79 Å². The molecular weight excluding hydrogens is 164 g/mol. The Bertz CT molecular complexity index is 335. The molecule has 0 amide bonds. The van der Waals surface area contributed by atoms with Crippen LogP contribution in [-0.2, 0) is 0 Å². The second-order valence-corrected chi connectivity index (χ2v) is 2.65. The Labute approximate surface area is 77.0 Å². The second-order valence-electron chi connectivity index (χ2n) is 2.65. The first kappa shape index (κ1) is 9.27. The fourth-order valence-corrected chi connectivity index (χ4v) is 0.964. The molecule has 0 spiro atoms. The molecule has 0 bridgehead atoms. The quantitative estimate of drug-likeness (QED) is 0.561. The summed E-state index contributed by atoms with van der Waals surface area (Å²) in [5, 5.41) is 11.2. The maximum Gasteiger partial charge on any atom is 0.159 e. The van der Waals surface area contributed by atoms with Crippen molar-refractivity contribution in [3.63, 3.8) is 0 Å². The summed E-state index contributed by atoms with van der Waals surface area (Å²) >= 11 is 0. The lowest BCUT2D eigenvalue weighted by Crippen LogP contribution is -1.98. The summed E-state index contributed by atoms with van der Waals surface area (Å²) in [6, 6.07) is 9.02. The Morgan fingerprint density at radius 1 is 1.46 bits per heavy atom. The smallest absolute Gasteiger partial charge is 0.159 e. The number of benzene rings is 1. The molecule has 0 aliphatic heterocycles. The monoisotopic (exact) mass is 174 g/mol. The molecule has 13 heavy (non-hydrogen) atoms. The van der Waals surface area contributed by atoms with Gasteiger partial charge in [-0.2, -0.15) is 5.26 Å². The highest BCUT2D eigenvalue weighted by Crippen LogP contribution is 2.09. The molecule has 0 aliphatic carbocycles. The molecule has 0 radical (unpaired) electrons. The number of hydrogen-bond acceptors (Lipinski definition) is 3. The summed E-state index contributed by atoms with van der Waals surface area (Å²) in [7, 11) is 0. The lowest BCUT2D eigenvalue weighted by atomic mass is 10.1. The number of nitrogens with zero attached hydrogens (tertiary/aromatic N) is 1. The van der Waals surface area contributed by atoms with Crippen molar-refractivity contribution in [2.24, 2.45) is 0 Å². The molecule has 0 fully saturated rings. The van der Waals surface area contributed by atoms with Gasteiger partial charge in [0.15, 0.2) is 5.78 Å². The van der Waals surface area contributed by atoms with Gasteiger partial charge in [0.1, 0.15) is 6.54 Å². The zero-order valence-corrected chi connectivity index (χ0v) is 7.37. The number of carbonyl (C=O) groups is 1. The number of rotatable bonds is 3. The van der Waals surface area contributed by atoms with E-state index in [2.05, 4.69) is 5.32 Å². The first-order chi connectivity index (χ1) is 6.24. The van der Waals surface area contributed by atoms with E-state index >= 15 is 0 Å². The molecule has 1 N–H and O–H groups in total. The molecule has 0 aromatic heterocycles. The minimum absolute atomic E-state index is 0.0480. The van der Waals surface area contributed by atoms with Gasteiger partial charge < -0.3 is 5.32 Å². The largest absolute Gasteiger partial charge is 0.372 e. The predicted octanol–water partition coefficient (Wildman–Crippen LogP) is 1.82. The van der Waals surface area contributed by atoms with E-state index in [-0.39, 0.29) is 12.3 Å². The van der Waals surface area contributed by atoms with E-state index in [1.54, 1.807) is 24.3 Å². The molecule has 3 nitrogen and oxygen atoms in total. The average Bonchev–Trinajstić information content (AvgIpc) is 2.15. The van der Waals surface area contributed by atoms with Crippen LogP contribution in [0.3, 0.4) is 0 Å². The molecule has 66 valence electrons. The summed E-state index contributed by atoms with van der Waals surface area (Å²) in [6.07, 6.45) is 0. The third-order valence-electron chi connectivity index (χ3n) is 1.66. The van der Waals surface area contributed by atoms with Gasteiger partial charge in [0.25, 0.3) is 0 Å². The van der Waals surface area contributed by atoms with Gasteiger partial charge in [0.2, 0.25) is 0 Å². The Morgan fingerprint density at radius 2 is 2.08 bits per heavy atom. The maximum absolute atomic E-state index is 10.9. The summed E-state index contributed by atoms with van der Waals surface area (Å²) in [6.45, 7) is 1.80. The molecule has 0 heterocycles. The maximum atomic E-state index is 10.9. The molecule has 1 rings (SSSR count). The van der Waals surface area contributed by atoms with E-state index in [1.807, 2.05) is 6.07 Å². The summed E-state index contributed by atoms with van der Waals surface area (Å²) < 4.78 is 0. The summed E-state index contributed by atoms with van der Waals surface area (Å²) in [5.41, 5.74) is 1.54. The van der Waals surface area contributed by atoms with Crippen LogP contribution in [0.4, 0.5) is 5.69 Å². The van der Waals surface area contributed by atoms with Crippen molar-refractivity contribution in [3.8, 4) is 6.07 Å². The molecule has 0 saturated carbocycles. The zero-order valence-electron chi connectivity index (χ0n) is 7.37. The van der Waals surface area contributed by atoms with Gasteiger partial charge in [0, 0.05) is 11.3 Å². The van der Waals surface area contributed by atoms with Crippen LogP contribution < -0.4 is 5.32 Å². The lowest BCUT2D eigenvalue weighted by Gasteiger charge is -2.01. The number of nitriles is 1. The first-order valence-corrected chi connectivity index (χ1v) is 3.96. The van der Waals surface area contributed by atoms with Crippen LogP contribution in [0.15, 0.2) is 24.3 Å². The van der Waals surface area contributed by atoms with E-state index in [0.717, 1.165) is 5.69 Å². The van der Waals surface area contributed by atoms with Crippen molar-refractivity contribution in [1.29, 1.82) is 5.26 Å². The Hall–Kier alpha value is -1.82. The van der Waals surface area contributed by atoms with Crippen molar-refractivity contribution >= 4 is 11.5 Å². The first-order valence-electron chi connectivity index (χ1n) is 3.96. The van der Waals surface area contributed by atoms with Crippen molar-refractivity contribution < 1.29 is 4.79 Å². The van der Waals surface area contributed by atoms with Crippen molar-refractivity contribution in [1.82, 2.24) is 0 Å². The molecule has 3 heteroatoms. The topological polar surface area (TPSA) is 52.9 Å². The highest BCUT2D eigenvalue weighted by Gasteiger charge is 1.97. The second kappa shape index (κ2) is 4.27. The summed E-state index contributed by atoms with van der Waals surface area (Å²) in [5.74, 6) is 0.0480. The number of hydrogen-bond donors (Lipinski definition) is 1. The van der Waals surface area contributed by atoms with Crippen LogP contribution in [0.25, 0.3) is 0 Å². The normalized spacial score (nSPS) is 8.92. The molecule has 0 saturated heterocycles. The van der Waals surface area contributed by atoms with Gasteiger partial charge in [0.05, 0.1) is 6.07 Å². The van der Waals surface area contributed by atoms with Gasteiger partial charge in [-0.15, -0.1) is 0 Å². The fraction of sp³-hybridized carbons (Fsp3) is 0.200. The minimum Gasteiger partial charge on any atom is -0.372 e.